The Morgan fingerprint density at radius 1 is 1.45 bits per heavy atom. The fraction of sp³-hybridized carbons (Fsp3) is 0.833. The van der Waals surface area contributed by atoms with Crippen LogP contribution < -0.4 is 5.32 Å². The first-order valence-corrected chi connectivity index (χ1v) is 3.25. The van der Waals surface area contributed by atoms with E-state index in [9.17, 15) is 4.79 Å². The Balaban J connectivity index is 0. The van der Waals surface area contributed by atoms with Gasteiger partial charge in [0.05, 0.1) is 6.61 Å². The third kappa shape index (κ3) is 9.52. The second-order valence-corrected chi connectivity index (χ2v) is 1.64. The Morgan fingerprint density at radius 2 is 2.09 bits per heavy atom. The van der Waals surface area contributed by atoms with Gasteiger partial charge in [-0.25, -0.2) is 4.79 Å². The quantitative estimate of drug-likeness (QED) is 0.518. The fourth-order valence-electron chi connectivity index (χ4n) is 0.396. The minimum Gasteiger partial charge on any atom is -0.435 e. The Labute approximate surface area is 72.7 Å². The van der Waals surface area contributed by atoms with Crippen molar-refractivity contribution in [3.05, 3.63) is 0 Å². The smallest absolute Gasteiger partial charge is 0.435 e. The standard InChI is InChI=1S/C6H13NO3.ClH/c1-3-9-6(8)10-5-4-7-2;/h7H,3-5H2,1-2H3;1H. The lowest BCUT2D eigenvalue weighted by Crippen LogP contribution is -2.17. The number of nitrogens with one attached hydrogen (secondary N) is 1. The highest BCUT2D eigenvalue weighted by Crippen LogP contribution is 1.82. The number of likely N-dealkylation sites (N-methyl/N-ethyl adjacent to an activating group) is 1. The monoisotopic (exact) mass is 183 g/mol. The molecule has 0 aromatic heterocycles. The van der Waals surface area contributed by atoms with Gasteiger partial charge in [-0.2, -0.15) is 0 Å². The molecule has 1 N–H and O–H groups in total. The molecule has 68 valence electrons. The van der Waals surface area contributed by atoms with Crippen molar-refractivity contribution in [2.24, 2.45) is 0 Å². The second-order valence-electron chi connectivity index (χ2n) is 1.64. The van der Waals surface area contributed by atoms with Gasteiger partial charge in [0.1, 0.15) is 6.61 Å². The van der Waals surface area contributed by atoms with E-state index < -0.39 is 6.16 Å². The van der Waals surface area contributed by atoms with Crippen molar-refractivity contribution in [3.8, 4) is 0 Å². The zero-order valence-corrected chi connectivity index (χ0v) is 7.57. The zero-order valence-electron chi connectivity index (χ0n) is 6.75. The van der Waals surface area contributed by atoms with E-state index in [-0.39, 0.29) is 12.4 Å². The van der Waals surface area contributed by atoms with Crippen LogP contribution >= 0.6 is 12.4 Å². The van der Waals surface area contributed by atoms with Crippen molar-refractivity contribution in [3.63, 3.8) is 0 Å². The molecule has 0 atom stereocenters. The first-order chi connectivity index (χ1) is 4.81. The normalized spacial score (nSPS) is 8.18. The molecule has 0 aliphatic rings. The van der Waals surface area contributed by atoms with Gasteiger partial charge < -0.3 is 14.8 Å². The fourth-order valence-corrected chi connectivity index (χ4v) is 0.396. The largest absolute Gasteiger partial charge is 0.508 e. The third-order valence-electron chi connectivity index (χ3n) is 0.834. The molecule has 0 fully saturated rings. The average Bonchev–Trinajstić information content (AvgIpc) is 1.89. The minimum atomic E-state index is -0.599. The van der Waals surface area contributed by atoms with Crippen LogP contribution in [0.5, 0.6) is 0 Å². The number of rotatable bonds is 4. The Hall–Kier alpha value is -0.480. The molecule has 0 saturated heterocycles. The van der Waals surface area contributed by atoms with E-state index in [0.29, 0.717) is 19.8 Å². The number of carbonyl (C=O) groups is 1. The molecule has 0 unspecified atom stereocenters. The van der Waals surface area contributed by atoms with E-state index in [1.807, 2.05) is 0 Å². The molecule has 0 aromatic rings. The summed E-state index contributed by atoms with van der Waals surface area (Å²) in [4.78, 5) is 10.4. The highest BCUT2D eigenvalue weighted by Gasteiger charge is 1.98. The molecule has 0 amide bonds. The van der Waals surface area contributed by atoms with Gasteiger partial charge in [-0.05, 0) is 14.0 Å². The lowest BCUT2D eigenvalue weighted by Gasteiger charge is -2.02. The van der Waals surface area contributed by atoms with E-state index in [2.05, 4.69) is 14.8 Å². The predicted octanol–water partition coefficient (Wildman–Crippen LogP) is 0.801. The summed E-state index contributed by atoms with van der Waals surface area (Å²) in [6.45, 7) is 3.10. The molecule has 0 spiro atoms. The van der Waals surface area contributed by atoms with Gasteiger partial charge in [0.25, 0.3) is 0 Å². The van der Waals surface area contributed by atoms with Gasteiger partial charge in [-0.1, -0.05) is 0 Å². The summed E-state index contributed by atoms with van der Waals surface area (Å²) in [5, 5.41) is 2.83. The first kappa shape index (κ1) is 13.1. The van der Waals surface area contributed by atoms with Crippen molar-refractivity contribution >= 4 is 18.6 Å². The number of ether oxygens (including phenoxy) is 2. The van der Waals surface area contributed by atoms with E-state index >= 15 is 0 Å². The molecule has 0 rings (SSSR count). The average molecular weight is 184 g/mol. The molecule has 0 radical (unpaired) electrons. The number of hydrogen-bond acceptors (Lipinski definition) is 4. The summed E-state index contributed by atoms with van der Waals surface area (Å²) < 4.78 is 9.10. The van der Waals surface area contributed by atoms with Crippen LogP contribution in [0.1, 0.15) is 6.92 Å². The highest BCUT2D eigenvalue weighted by atomic mass is 35.5. The van der Waals surface area contributed by atoms with Gasteiger partial charge in [0.2, 0.25) is 0 Å². The summed E-state index contributed by atoms with van der Waals surface area (Å²) in [6.07, 6.45) is -0.599. The Bertz CT molecular complexity index is 99.8. The van der Waals surface area contributed by atoms with Crippen LogP contribution in [-0.2, 0) is 9.47 Å². The number of carbonyl (C=O) groups excluding carboxylic acids is 1. The molecule has 0 heterocycles. The number of halogens is 1. The third-order valence-corrected chi connectivity index (χ3v) is 0.834. The molecule has 0 aromatic carbocycles. The second kappa shape index (κ2) is 9.52. The maximum Gasteiger partial charge on any atom is 0.508 e. The molecule has 0 aliphatic carbocycles. The van der Waals surface area contributed by atoms with Gasteiger partial charge in [-0.3, -0.25) is 0 Å². The van der Waals surface area contributed by atoms with Crippen molar-refractivity contribution in [2.75, 3.05) is 26.8 Å². The predicted molar refractivity (Wildman–Crippen MR) is 44.1 cm³/mol. The maximum absolute atomic E-state index is 10.4. The van der Waals surface area contributed by atoms with Crippen molar-refractivity contribution < 1.29 is 14.3 Å². The summed E-state index contributed by atoms with van der Waals surface area (Å²) in [5.74, 6) is 0. The Morgan fingerprint density at radius 3 is 2.55 bits per heavy atom. The molecule has 0 aliphatic heterocycles. The Kier molecular flexibility index (Phi) is 11.4. The molecule has 0 saturated carbocycles. The van der Waals surface area contributed by atoms with Gasteiger partial charge in [0, 0.05) is 6.54 Å². The van der Waals surface area contributed by atoms with Crippen LogP contribution in [0, 0.1) is 0 Å². The van der Waals surface area contributed by atoms with Crippen molar-refractivity contribution in [2.45, 2.75) is 6.92 Å². The lowest BCUT2D eigenvalue weighted by atomic mass is 10.7. The van der Waals surface area contributed by atoms with Crippen LogP contribution in [0.15, 0.2) is 0 Å². The molecule has 11 heavy (non-hydrogen) atoms. The molecule has 4 nitrogen and oxygen atoms in total. The zero-order chi connectivity index (χ0) is 7.82. The summed E-state index contributed by atoms with van der Waals surface area (Å²) in [7, 11) is 1.79. The highest BCUT2D eigenvalue weighted by molar-refractivity contribution is 5.85. The molecular formula is C6H14ClNO3. The maximum atomic E-state index is 10.4. The van der Waals surface area contributed by atoms with Crippen LogP contribution in [0.2, 0.25) is 0 Å². The number of hydrogen-bond donors (Lipinski definition) is 1. The van der Waals surface area contributed by atoms with E-state index in [1.165, 1.54) is 0 Å². The van der Waals surface area contributed by atoms with Crippen LogP contribution in [-0.4, -0.2) is 33.0 Å². The topological polar surface area (TPSA) is 47.6 Å². The summed E-state index contributed by atoms with van der Waals surface area (Å²) >= 11 is 0. The van der Waals surface area contributed by atoms with Crippen LogP contribution in [0.3, 0.4) is 0 Å². The molecular weight excluding hydrogens is 170 g/mol. The molecule has 0 bridgehead atoms. The van der Waals surface area contributed by atoms with Crippen molar-refractivity contribution in [1.82, 2.24) is 5.32 Å². The van der Waals surface area contributed by atoms with Gasteiger partial charge in [-0.15, -0.1) is 12.4 Å². The van der Waals surface area contributed by atoms with Crippen LogP contribution in [0.4, 0.5) is 4.79 Å². The van der Waals surface area contributed by atoms with E-state index in [1.54, 1.807) is 14.0 Å². The van der Waals surface area contributed by atoms with E-state index in [0.717, 1.165) is 0 Å². The minimum absolute atomic E-state index is 0. The first-order valence-electron chi connectivity index (χ1n) is 3.25. The van der Waals surface area contributed by atoms with Crippen LogP contribution in [0.25, 0.3) is 0 Å². The SMILES string of the molecule is CCOC(=O)OCCNC.Cl. The summed E-state index contributed by atoms with van der Waals surface area (Å²) in [6, 6.07) is 0. The van der Waals surface area contributed by atoms with Gasteiger partial charge in [0.15, 0.2) is 0 Å². The van der Waals surface area contributed by atoms with Crippen molar-refractivity contribution in [1.29, 1.82) is 0 Å². The molecule has 5 heteroatoms. The summed E-state index contributed by atoms with van der Waals surface area (Å²) in [5.41, 5.74) is 0. The van der Waals surface area contributed by atoms with Gasteiger partial charge >= 0.3 is 6.16 Å². The lowest BCUT2D eigenvalue weighted by molar-refractivity contribution is 0.0601. The van der Waals surface area contributed by atoms with E-state index in [4.69, 9.17) is 0 Å².